The zero-order valence-corrected chi connectivity index (χ0v) is 14.2. The lowest BCUT2D eigenvalue weighted by Gasteiger charge is -2.36. The summed E-state index contributed by atoms with van der Waals surface area (Å²) in [5.74, 6) is 0.452. The van der Waals surface area contributed by atoms with Crippen LogP contribution in [0, 0.1) is 0 Å². The standard InChI is InChI=1S/C17H19F3N4O2/c1-26-11-13-10-15(25)22-16(21-13)24-7-5-23(6-8-24)14-4-2-3-12(9-14)17(18,19)20/h2-4,9-10H,5-8,11H2,1H3,(H,21,22,25). The van der Waals surface area contributed by atoms with E-state index in [1.165, 1.54) is 19.2 Å². The topological polar surface area (TPSA) is 61.5 Å². The Kier molecular flexibility index (Phi) is 5.17. The largest absolute Gasteiger partial charge is 0.416 e. The minimum Gasteiger partial charge on any atom is -0.378 e. The molecule has 2 aromatic rings. The molecule has 6 nitrogen and oxygen atoms in total. The van der Waals surface area contributed by atoms with Gasteiger partial charge in [-0.05, 0) is 18.2 Å². The van der Waals surface area contributed by atoms with Gasteiger partial charge in [0.1, 0.15) is 0 Å². The van der Waals surface area contributed by atoms with Crippen LogP contribution in [-0.4, -0.2) is 43.3 Å². The molecule has 0 unspecified atom stereocenters. The van der Waals surface area contributed by atoms with Gasteiger partial charge < -0.3 is 14.5 Å². The zero-order valence-electron chi connectivity index (χ0n) is 14.2. The average Bonchev–Trinajstić information content (AvgIpc) is 2.61. The van der Waals surface area contributed by atoms with Gasteiger partial charge in [0.2, 0.25) is 5.95 Å². The van der Waals surface area contributed by atoms with Gasteiger partial charge in [0.25, 0.3) is 5.56 Å². The molecule has 1 saturated heterocycles. The van der Waals surface area contributed by atoms with Crippen LogP contribution in [0.2, 0.25) is 0 Å². The molecule has 26 heavy (non-hydrogen) atoms. The number of benzene rings is 1. The Bertz CT molecular complexity index is 814. The minimum atomic E-state index is -4.36. The summed E-state index contributed by atoms with van der Waals surface area (Å²) in [4.78, 5) is 22.6. The SMILES string of the molecule is COCc1cc(=O)[nH]c(N2CCN(c3cccc(C(F)(F)F)c3)CC2)n1. The normalized spacial score (nSPS) is 15.4. The third kappa shape index (κ3) is 4.16. The Morgan fingerprint density at radius 2 is 1.85 bits per heavy atom. The van der Waals surface area contributed by atoms with E-state index in [0.717, 1.165) is 12.1 Å². The van der Waals surface area contributed by atoms with Crippen molar-refractivity contribution in [3.8, 4) is 0 Å². The highest BCUT2D eigenvalue weighted by Gasteiger charge is 2.31. The smallest absolute Gasteiger partial charge is 0.378 e. The Balaban J connectivity index is 1.71. The number of piperazine rings is 1. The van der Waals surface area contributed by atoms with Gasteiger partial charge in [0.15, 0.2) is 0 Å². The van der Waals surface area contributed by atoms with Crippen molar-refractivity contribution >= 4 is 11.6 Å². The second kappa shape index (κ2) is 7.36. The van der Waals surface area contributed by atoms with Crippen LogP contribution in [0.1, 0.15) is 11.3 Å². The number of nitrogens with one attached hydrogen (secondary N) is 1. The third-order valence-electron chi connectivity index (χ3n) is 4.19. The van der Waals surface area contributed by atoms with E-state index in [-0.39, 0.29) is 12.2 Å². The van der Waals surface area contributed by atoms with Crippen molar-refractivity contribution in [1.29, 1.82) is 0 Å². The van der Waals surface area contributed by atoms with Crippen LogP contribution in [0.15, 0.2) is 35.1 Å². The summed E-state index contributed by atoms with van der Waals surface area (Å²) < 4.78 is 43.6. The van der Waals surface area contributed by atoms with E-state index in [1.54, 1.807) is 6.07 Å². The number of anilines is 2. The zero-order chi connectivity index (χ0) is 18.7. The number of H-pyrrole nitrogens is 1. The van der Waals surface area contributed by atoms with Crippen LogP contribution >= 0.6 is 0 Å². The van der Waals surface area contributed by atoms with Crippen LogP contribution in [-0.2, 0) is 17.5 Å². The fourth-order valence-corrected chi connectivity index (χ4v) is 2.92. The second-order valence-electron chi connectivity index (χ2n) is 6.02. The highest BCUT2D eigenvalue weighted by Crippen LogP contribution is 2.32. The van der Waals surface area contributed by atoms with Crippen LogP contribution in [0.5, 0.6) is 0 Å². The van der Waals surface area contributed by atoms with Gasteiger partial charge in [-0.15, -0.1) is 0 Å². The first kappa shape index (κ1) is 18.2. The van der Waals surface area contributed by atoms with Crippen molar-refractivity contribution in [2.75, 3.05) is 43.1 Å². The number of aromatic nitrogens is 2. The number of methoxy groups -OCH3 is 1. The first-order valence-corrected chi connectivity index (χ1v) is 8.13. The van der Waals surface area contributed by atoms with Crippen LogP contribution in [0.25, 0.3) is 0 Å². The number of nitrogens with zero attached hydrogens (tertiary/aromatic N) is 3. The predicted octanol–water partition coefficient (Wildman–Crippen LogP) is 2.26. The molecule has 1 aliphatic heterocycles. The van der Waals surface area contributed by atoms with Crippen molar-refractivity contribution in [2.24, 2.45) is 0 Å². The van der Waals surface area contributed by atoms with Gasteiger partial charge in [0, 0.05) is 45.0 Å². The number of alkyl halides is 3. The summed E-state index contributed by atoms with van der Waals surface area (Å²) in [5, 5.41) is 0. The van der Waals surface area contributed by atoms with Crippen molar-refractivity contribution < 1.29 is 17.9 Å². The maximum absolute atomic E-state index is 12.9. The summed E-state index contributed by atoms with van der Waals surface area (Å²) >= 11 is 0. The number of hydrogen-bond acceptors (Lipinski definition) is 5. The first-order valence-electron chi connectivity index (χ1n) is 8.13. The van der Waals surface area contributed by atoms with E-state index in [2.05, 4.69) is 9.97 Å². The van der Waals surface area contributed by atoms with Crippen molar-refractivity contribution in [1.82, 2.24) is 9.97 Å². The van der Waals surface area contributed by atoms with Crippen molar-refractivity contribution in [3.63, 3.8) is 0 Å². The molecular formula is C17H19F3N4O2. The van der Waals surface area contributed by atoms with Crippen LogP contribution in [0.3, 0.4) is 0 Å². The van der Waals surface area contributed by atoms with E-state index < -0.39 is 11.7 Å². The lowest BCUT2D eigenvalue weighted by molar-refractivity contribution is -0.137. The lowest BCUT2D eigenvalue weighted by Crippen LogP contribution is -2.47. The molecule has 1 aromatic heterocycles. The molecule has 1 N–H and O–H groups in total. The van der Waals surface area contributed by atoms with Gasteiger partial charge >= 0.3 is 6.18 Å². The molecule has 0 spiro atoms. The van der Waals surface area contributed by atoms with Gasteiger partial charge in [-0.2, -0.15) is 13.2 Å². The van der Waals surface area contributed by atoms with Gasteiger partial charge in [0.05, 0.1) is 17.9 Å². The fourth-order valence-electron chi connectivity index (χ4n) is 2.92. The number of aromatic amines is 1. The van der Waals surface area contributed by atoms with Gasteiger partial charge in [-0.3, -0.25) is 9.78 Å². The van der Waals surface area contributed by atoms with E-state index in [4.69, 9.17) is 4.74 Å². The Morgan fingerprint density at radius 1 is 1.15 bits per heavy atom. The van der Waals surface area contributed by atoms with Gasteiger partial charge in [-0.1, -0.05) is 6.07 Å². The maximum Gasteiger partial charge on any atom is 0.416 e. The Labute approximate surface area is 148 Å². The molecule has 0 bridgehead atoms. The van der Waals surface area contributed by atoms with E-state index >= 15 is 0 Å². The average molecular weight is 368 g/mol. The molecule has 2 heterocycles. The van der Waals surface area contributed by atoms with Crippen LogP contribution < -0.4 is 15.4 Å². The van der Waals surface area contributed by atoms with Crippen molar-refractivity contribution in [3.05, 3.63) is 51.9 Å². The molecule has 1 fully saturated rings. The molecule has 0 radical (unpaired) electrons. The van der Waals surface area contributed by atoms with Crippen molar-refractivity contribution in [2.45, 2.75) is 12.8 Å². The fraction of sp³-hybridized carbons (Fsp3) is 0.412. The highest BCUT2D eigenvalue weighted by molar-refractivity contribution is 5.51. The molecule has 1 aromatic carbocycles. The third-order valence-corrected chi connectivity index (χ3v) is 4.19. The van der Waals surface area contributed by atoms with E-state index in [9.17, 15) is 18.0 Å². The maximum atomic E-state index is 12.9. The van der Waals surface area contributed by atoms with Gasteiger partial charge in [-0.25, -0.2) is 4.98 Å². The minimum absolute atomic E-state index is 0.237. The Hall–Kier alpha value is -2.55. The summed E-state index contributed by atoms with van der Waals surface area (Å²) in [6.07, 6.45) is -4.36. The summed E-state index contributed by atoms with van der Waals surface area (Å²) in [7, 11) is 1.52. The first-order chi connectivity index (χ1) is 12.4. The number of halogens is 3. The molecule has 0 aliphatic carbocycles. The van der Waals surface area contributed by atoms with E-state index in [1.807, 2.05) is 9.80 Å². The number of hydrogen-bond donors (Lipinski definition) is 1. The quantitative estimate of drug-likeness (QED) is 0.897. The molecule has 0 saturated carbocycles. The lowest BCUT2D eigenvalue weighted by atomic mass is 10.1. The second-order valence-corrected chi connectivity index (χ2v) is 6.02. The monoisotopic (exact) mass is 368 g/mol. The number of ether oxygens (including phenoxy) is 1. The molecule has 1 aliphatic rings. The molecule has 140 valence electrons. The molecule has 0 atom stereocenters. The highest BCUT2D eigenvalue weighted by atomic mass is 19.4. The van der Waals surface area contributed by atoms with E-state index in [0.29, 0.717) is 43.5 Å². The van der Waals surface area contributed by atoms with Crippen LogP contribution in [0.4, 0.5) is 24.8 Å². The predicted molar refractivity (Wildman–Crippen MR) is 91.4 cm³/mol. The molecule has 9 heteroatoms. The summed E-state index contributed by atoms with van der Waals surface area (Å²) in [5.41, 5.74) is 0.152. The summed E-state index contributed by atoms with van der Waals surface area (Å²) in [6.45, 7) is 2.37. The Morgan fingerprint density at radius 3 is 2.50 bits per heavy atom. The molecule has 0 amide bonds. The molecular weight excluding hydrogens is 349 g/mol. The molecule has 3 rings (SSSR count). The number of rotatable bonds is 4. The summed E-state index contributed by atoms with van der Waals surface area (Å²) in [6, 6.07) is 6.69.